The first-order valence-corrected chi connectivity index (χ1v) is 7.95. The quantitative estimate of drug-likeness (QED) is 0.820. The third-order valence-electron chi connectivity index (χ3n) is 3.51. The lowest BCUT2D eigenvalue weighted by molar-refractivity contribution is 0.234. The van der Waals surface area contributed by atoms with Crippen LogP contribution in [0, 0.1) is 0 Å². The predicted octanol–water partition coefficient (Wildman–Crippen LogP) is 2.33. The first-order valence-electron chi connectivity index (χ1n) is 7.14. The number of rotatable bonds is 6. The maximum absolute atomic E-state index is 12.1. The van der Waals surface area contributed by atoms with Gasteiger partial charge in [-0.15, -0.1) is 0 Å². The third kappa shape index (κ3) is 3.24. The Balaban J connectivity index is 2.25. The van der Waals surface area contributed by atoms with Crippen molar-refractivity contribution < 1.29 is 0 Å². The molecule has 0 bridgehead atoms. The fourth-order valence-electron chi connectivity index (χ4n) is 2.17. The van der Waals surface area contributed by atoms with E-state index in [9.17, 15) is 4.79 Å². The molecule has 2 heterocycles. The second-order valence-corrected chi connectivity index (χ2v) is 6.22. The molecule has 0 saturated heterocycles. The normalized spacial score (nSPS) is 13.2. The van der Waals surface area contributed by atoms with Crippen molar-refractivity contribution >= 4 is 16.3 Å². The van der Waals surface area contributed by atoms with Gasteiger partial charge in [0.15, 0.2) is 0 Å². The molecule has 1 atom stereocenters. The van der Waals surface area contributed by atoms with Crippen LogP contribution in [0.2, 0.25) is 0 Å². The van der Waals surface area contributed by atoms with Gasteiger partial charge < -0.3 is 0 Å². The Morgan fingerprint density at radius 3 is 2.85 bits per heavy atom. The van der Waals surface area contributed by atoms with E-state index in [4.69, 9.17) is 0 Å². The largest absolute Gasteiger partial charge is 0.298 e. The average Bonchev–Trinajstić information content (AvgIpc) is 2.82. The number of nitrogens with zero attached hydrogens (tertiary/aromatic N) is 4. The molecule has 110 valence electrons. The van der Waals surface area contributed by atoms with Gasteiger partial charge in [0.25, 0.3) is 5.56 Å². The zero-order valence-corrected chi connectivity index (χ0v) is 13.4. The fraction of sp³-hybridized carbons (Fsp3) is 0.643. The van der Waals surface area contributed by atoms with Gasteiger partial charge in [0.2, 0.25) is 4.96 Å². The Hall–Kier alpha value is -1.27. The van der Waals surface area contributed by atoms with Gasteiger partial charge >= 0.3 is 0 Å². The second kappa shape index (κ2) is 6.45. The Morgan fingerprint density at radius 2 is 2.20 bits per heavy atom. The first-order chi connectivity index (χ1) is 9.55. The maximum atomic E-state index is 12.1. The molecule has 0 unspecified atom stereocenters. The molecule has 0 fully saturated rings. The molecule has 6 heteroatoms. The lowest BCUT2D eigenvalue weighted by Gasteiger charge is -2.23. The summed E-state index contributed by atoms with van der Waals surface area (Å²) in [6, 6.07) is 2.09. The van der Waals surface area contributed by atoms with E-state index in [1.807, 2.05) is 6.92 Å². The van der Waals surface area contributed by atoms with E-state index in [-0.39, 0.29) is 5.56 Å². The minimum Gasteiger partial charge on any atom is -0.298 e. The highest BCUT2D eigenvalue weighted by molar-refractivity contribution is 7.16. The summed E-state index contributed by atoms with van der Waals surface area (Å²) in [5.41, 5.74) is 0.740. The number of fused-ring (bicyclic) bond motifs is 1. The van der Waals surface area contributed by atoms with Crippen LogP contribution in [0.3, 0.4) is 0 Å². The van der Waals surface area contributed by atoms with Crippen LogP contribution < -0.4 is 5.56 Å². The van der Waals surface area contributed by atoms with E-state index in [1.165, 1.54) is 15.9 Å². The first kappa shape index (κ1) is 15.1. The van der Waals surface area contributed by atoms with Crippen LogP contribution in [0.25, 0.3) is 4.96 Å². The van der Waals surface area contributed by atoms with Gasteiger partial charge in [-0.2, -0.15) is 9.61 Å². The summed E-state index contributed by atoms with van der Waals surface area (Å²) in [6.45, 7) is 7.12. The van der Waals surface area contributed by atoms with Gasteiger partial charge in [-0.05, 0) is 26.8 Å². The summed E-state index contributed by atoms with van der Waals surface area (Å²) < 4.78 is 1.41. The van der Waals surface area contributed by atoms with Crippen molar-refractivity contribution in [2.75, 3.05) is 7.05 Å². The van der Waals surface area contributed by atoms with Gasteiger partial charge in [0.05, 0.1) is 5.69 Å². The molecule has 0 N–H and O–H groups in total. The molecule has 0 aliphatic heterocycles. The number of hydrogen-bond donors (Lipinski definition) is 0. The van der Waals surface area contributed by atoms with Gasteiger partial charge in [-0.25, -0.2) is 4.98 Å². The van der Waals surface area contributed by atoms with Crippen LogP contribution in [0.5, 0.6) is 0 Å². The van der Waals surface area contributed by atoms with Crippen LogP contribution in [-0.2, 0) is 13.0 Å². The van der Waals surface area contributed by atoms with Crippen molar-refractivity contribution in [2.24, 2.45) is 0 Å². The monoisotopic (exact) mass is 294 g/mol. The van der Waals surface area contributed by atoms with Crippen molar-refractivity contribution in [3.8, 4) is 0 Å². The molecule has 2 aromatic heterocycles. The molecule has 0 spiro atoms. The van der Waals surface area contributed by atoms with Crippen molar-refractivity contribution in [3.63, 3.8) is 0 Å². The smallest absolute Gasteiger partial charge is 0.275 e. The Kier molecular flexibility index (Phi) is 4.88. The van der Waals surface area contributed by atoms with Crippen molar-refractivity contribution in [2.45, 2.75) is 52.6 Å². The summed E-state index contributed by atoms with van der Waals surface area (Å²) >= 11 is 1.49. The van der Waals surface area contributed by atoms with Gasteiger partial charge in [-0.3, -0.25) is 9.69 Å². The minimum absolute atomic E-state index is 0.0857. The fourth-order valence-corrected chi connectivity index (χ4v) is 3.03. The summed E-state index contributed by atoms with van der Waals surface area (Å²) in [5, 5.41) is 5.21. The topological polar surface area (TPSA) is 50.5 Å². The zero-order chi connectivity index (χ0) is 14.7. The van der Waals surface area contributed by atoms with Crippen molar-refractivity contribution in [3.05, 3.63) is 27.1 Å². The molecule has 0 aliphatic carbocycles. The molecule has 0 amide bonds. The van der Waals surface area contributed by atoms with E-state index in [1.54, 1.807) is 6.07 Å². The van der Waals surface area contributed by atoms with E-state index in [0.29, 0.717) is 17.5 Å². The van der Waals surface area contributed by atoms with Crippen LogP contribution in [0.4, 0.5) is 0 Å². The van der Waals surface area contributed by atoms with E-state index < -0.39 is 0 Å². The van der Waals surface area contributed by atoms with Crippen molar-refractivity contribution in [1.82, 2.24) is 19.5 Å². The summed E-state index contributed by atoms with van der Waals surface area (Å²) in [4.78, 5) is 19.6. The average molecular weight is 294 g/mol. The summed E-state index contributed by atoms with van der Waals surface area (Å²) in [6.07, 6.45) is 3.14. The molecule has 0 aromatic carbocycles. The molecule has 0 saturated carbocycles. The lowest BCUT2D eigenvalue weighted by Crippen LogP contribution is -2.29. The maximum Gasteiger partial charge on any atom is 0.275 e. The van der Waals surface area contributed by atoms with Crippen LogP contribution >= 0.6 is 11.3 Å². The number of hydrogen-bond acceptors (Lipinski definition) is 5. The highest BCUT2D eigenvalue weighted by Gasteiger charge is 2.12. The SMILES string of the molecule is CCC[C@@H](C)N(C)Cc1cc(=O)n2nc(CC)sc2n1. The third-order valence-corrected chi connectivity index (χ3v) is 4.57. The lowest BCUT2D eigenvalue weighted by atomic mass is 10.1. The standard InChI is InChI=1S/C14H22N4OS/c1-5-7-10(3)17(4)9-11-8-13(19)18-14(15-11)20-12(6-2)16-18/h8,10H,5-7,9H2,1-4H3/t10-/m1/s1. The van der Waals surface area contributed by atoms with Crippen LogP contribution in [0.15, 0.2) is 10.9 Å². The Bertz CT molecular complexity index is 634. The Morgan fingerprint density at radius 1 is 1.45 bits per heavy atom. The number of aryl methyl sites for hydroxylation is 1. The molecule has 5 nitrogen and oxygen atoms in total. The predicted molar refractivity (Wildman–Crippen MR) is 82.3 cm³/mol. The van der Waals surface area contributed by atoms with Crippen LogP contribution in [0.1, 0.15) is 44.3 Å². The van der Waals surface area contributed by atoms with Gasteiger partial charge in [0, 0.05) is 18.7 Å². The summed E-state index contributed by atoms with van der Waals surface area (Å²) in [5.74, 6) is 0. The highest BCUT2D eigenvalue weighted by Crippen LogP contribution is 2.13. The molecule has 2 aromatic rings. The molecule has 20 heavy (non-hydrogen) atoms. The van der Waals surface area contributed by atoms with E-state index >= 15 is 0 Å². The van der Waals surface area contributed by atoms with E-state index in [2.05, 4.69) is 35.9 Å². The molecule has 0 aliphatic rings. The van der Waals surface area contributed by atoms with E-state index in [0.717, 1.165) is 30.0 Å². The highest BCUT2D eigenvalue weighted by atomic mass is 32.1. The molecular weight excluding hydrogens is 272 g/mol. The van der Waals surface area contributed by atoms with Crippen LogP contribution in [-0.4, -0.2) is 32.6 Å². The molecule has 2 rings (SSSR count). The van der Waals surface area contributed by atoms with Crippen molar-refractivity contribution in [1.29, 1.82) is 0 Å². The molecule has 0 radical (unpaired) electrons. The summed E-state index contributed by atoms with van der Waals surface area (Å²) in [7, 11) is 2.08. The van der Waals surface area contributed by atoms with Gasteiger partial charge in [-0.1, -0.05) is 31.6 Å². The molecular formula is C14H22N4OS. The zero-order valence-electron chi connectivity index (χ0n) is 12.6. The minimum atomic E-state index is -0.0857. The Labute approximate surface area is 123 Å². The van der Waals surface area contributed by atoms with Gasteiger partial charge in [0.1, 0.15) is 5.01 Å². The second-order valence-electron chi connectivity index (χ2n) is 5.18. The number of aromatic nitrogens is 3.